The molecule has 0 radical (unpaired) electrons. The third-order valence-corrected chi connectivity index (χ3v) is 2.81. The van der Waals surface area contributed by atoms with Gasteiger partial charge in [0, 0.05) is 11.8 Å². The van der Waals surface area contributed by atoms with Crippen LogP contribution >= 0.6 is 0 Å². The van der Waals surface area contributed by atoms with Crippen LogP contribution in [0.3, 0.4) is 0 Å². The van der Waals surface area contributed by atoms with Crippen LogP contribution in [0.1, 0.15) is 25.1 Å². The lowest BCUT2D eigenvalue weighted by atomic mass is 10.0. The maximum absolute atomic E-state index is 11.3. The minimum absolute atomic E-state index is 0.00796. The summed E-state index contributed by atoms with van der Waals surface area (Å²) in [6.45, 7) is 11.4. The van der Waals surface area contributed by atoms with Gasteiger partial charge in [0.2, 0.25) is 5.95 Å². The Morgan fingerprint density at radius 1 is 1.61 bits per heavy atom. The highest BCUT2D eigenvalue weighted by molar-refractivity contribution is 5.31. The van der Waals surface area contributed by atoms with E-state index in [4.69, 9.17) is 5.73 Å². The molecular weight excluding hydrogens is 226 g/mol. The van der Waals surface area contributed by atoms with Crippen molar-refractivity contribution < 1.29 is 0 Å². The van der Waals surface area contributed by atoms with Crippen LogP contribution in [0.25, 0.3) is 0 Å². The molecule has 4 nitrogen and oxygen atoms in total. The first kappa shape index (κ1) is 14.0. The smallest absolute Gasteiger partial charge is 0.274 e. The maximum Gasteiger partial charge on any atom is 0.274 e. The van der Waals surface area contributed by atoms with Crippen molar-refractivity contribution in [2.75, 3.05) is 5.73 Å². The van der Waals surface area contributed by atoms with Crippen molar-refractivity contribution in [3.05, 3.63) is 59.1 Å². The normalized spacial score (nSPS) is 13.1. The molecule has 4 heteroatoms. The molecule has 0 saturated heterocycles. The van der Waals surface area contributed by atoms with E-state index in [0.29, 0.717) is 0 Å². The quantitative estimate of drug-likeness (QED) is 0.810. The van der Waals surface area contributed by atoms with Crippen molar-refractivity contribution >= 4 is 5.95 Å². The molecule has 1 aromatic heterocycles. The zero-order chi connectivity index (χ0) is 13.7. The summed E-state index contributed by atoms with van der Waals surface area (Å²) in [7, 11) is 0. The third-order valence-electron chi connectivity index (χ3n) is 2.81. The number of nitrogens with two attached hydrogens (primary N) is 1. The number of aryl methyl sites for hydroxylation is 1. The standard InChI is InChI=1S/C14H19N3O/c1-5-8-11(6-2)12(7-3)17-10(4)9-13(18)16-14(17)15/h5-6,8-9,12H,1-2,7H2,3-4H3,(H2,15,16,18)/b11-8+. The molecule has 0 aromatic carbocycles. The Morgan fingerprint density at radius 2 is 2.28 bits per heavy atom. The first-order valence-corrected chi connectivity index (χ1v) is 5.85. The molecular formula is C14H19N3O. The second kappa shape index (κ2) is 6.00. The van der Waals surface area contributed by atoms with Gasteiger partial charge in [-0.2, -0.15) is 4.98 Å². The molecule has 0 amide bonds. The third kappa shape index (κ3) is 2.77. The number of nitrogens with zero attached hydrogens (tertiary/aromatic N) is 2. The summed E-state index contributed by atoms with van der Waals surface area (Å²) in [4.78, 5) is 15.1. The molecule has 96 valence electrons. The predicted octanol–water partition coefficient (Wildman–Crippen LogP) is 2.38. The van der Waals surface area contributed by atoms with Gasteiger partial charge in [-0.15, -0.1) is 0 Å². The van der Waals surface area contributed by atoms with Gasteiger partial charge in [0.1, 0.15) is 0 Å². The summed E-state index contributed by atoms with van der Waals surface area (Å²) in [6.07, 6.45) is 6.19. The van der Waals surface area contributed by atoms with Gasteiger partial charge in [-0.05, 0) is 18.9 Å². The van der Waals surface area contributed by atoms with Gasteiger partial charge in [-0.1, -0.05) is 38.3 Å². The summed E-state index contributed by atoms with van der Waals surface area (Å²) >= 11 is 0. The fourth-order valence-electron chi connectivity index (χ4n) is 2.05. The van der Waals surface area contributed by atoms with Crippen LogP contribution in [0, 0.1) is 6.92 Å². The summed E-state index contributed by atoms with van der Waals surface area (Å²) in [5.74, 6) is 0.226. The molecule has 0 bridgehead atoms. The molecule has 18 heavy (non-hydrogen) atoms. The Balaban J connectivity index is 3.42. The number of hydrogen-bond acceptors (Lipinski definition) is 3. The molecule has 0 spiro atoms. The van der Waals surface area contributed by atoms with Gasteiger partial charge in [0.15, 0.2) is 0 Å². The zero-order valence-electron chi connectivity index (χ0n) is 10.9. The van der Waals surface area contributed by atoms with Crippen molar-refractivity contribution in [3.63, 3.8) is 0 Å². The van der Waals surface area contributed by atoms with Crippen LogP contribution in [0.2, 0.25) is 0 Å². The van der Waals surface area contributed by atoms with E-state index in [1.807, 2.05) is 24.5 Å². The maximum atomic E-state index is 11.3. The summed E-state index contributed by atoms with van der Waals surface area (Å²) in [5, 5.41) is 0. The lowest BCUT2D eigenvalue weighted by Gasteiger charge is -2.23. The molecule has 1 heterocycles. The molecule has 1 rings (SSSR count). The van der Waals surface area contributed by atoms with E-state index in [9.17, 15) is 4.79 Å². The lowest BCUT2D eigenvalue weighted by molar-refractivity contribution is 0.548. The van der Waals surface area contributed by atoms with Crippen LogP contribution in [-0.4, -0.2) is 9.55 Å². The van der Waals surface area contributed by atoms with Crippen LogP contribution in [0.5, 0.6) is 0 Å². The number of rotatable bonds is 5. The molecule has 0 saturated carbocycles. The Kier molecular flexibility index (Phi) is 4.66. The largest absolute Gasteiger partial charge is 0.369 e. The van der Waals surface area contributed by atoms with Gasteiger partial charge in [-0.3, -0.25) is 4.79 Å². The molecule has 0 aliphatic heterocycles. The van der Waals surface area contributed by atoms with E-state index in [0.717, 1.165) is 17.7 Å². The Bertz CT molecular complexity index is 514. The van der Waals surface area contributed by atoms with Crippen LogP contribution in [0.4, 0.5) is 5.95 Å². The molecule has 0 aliphatic rings. The SMILES string of the molecule is C=C/C=C(\C=C)C(CC)n1c(C)cc(=O)nc1N. The Labute approximate surface area is 107 Å². The van der Waals surface area contributed by atoms with Crippen LogP contribution < -0.4 is 11.3 Å². The monoisotopic (exact) mass is 245 g/mol. The minimum Gasteiger partial charge on any atom is -0.369 e. The lowest BCUT2D eigenvalue weighted by Crippen LogP contribution is -2.23. The number of nitrogen functional groups attached to an aromatic ring is 1. The first-order valence-electron chi connectivity index (χ1n) is 5.85. The Morgan fingerprint density at radius 3 is 2.72 bits per heavy atom. The number of allylic oxidation sites excluding steroid dienone is 4. The van der Waals surface area contributed by atoms with E-state index in [2.05, 4.69) is 18.1 Å². The van der Waals surface area contributed by atoms with Gasteiger partial charge in [-0.25, -0.2) is 0 Å². The van der Waals surface area contributed by atoms with Gasteiger partial charge < -0.3 is 10.3 Å². The van der Waals surface area contributed by atoms with Gasteiger partial charge in [0.05, 0.1) is 6.04 Å². The summed E-state index contributed by atoms with van der Waals surface area (Å²) in [5.41, 5.74) is 7.32. The summed E-state index contributed by atoms with van der Waals surface area (Å²) < 4.78 is 1.85. The predicted molar refractivity (Wildman–Crippen MR) is 75.5 cm³/mol. The van der Waals surface area contributed by atoms with Gasteiger partial charge >= 0.3 is 0 Å². The Hall–Kier alpha value is -2.10. The minimum atomic E-state index is -0.316. The highest BCUT2D eigenvalue weighted by atomic mass is 16.1. The van der Waals surface area contributed by atoms with Gasteiger partial charge in [0.25, 0.3) is 5.56 Å². The van der Waals surface area contributed by atoms with Crippen molar-refractivity contribution in [1.29, 1.82) is 0 Å². The highest BCUT2D eigenvalue weighted by Gasteiger charge is 2.16. The molecule has 0 fully saturated rings. The molecule has 1 aromatic rings. The number of hydrogen-bond donors (Lipinski definition) is 1. The van der Waals surface area contributed by atoms with Crippen molar-refractivity contribution in [1.82, 2.24) is 9.55 Å². The van der Waals surface area contributed by atoms with Crippen molar-refractivity contribution in [2.45, 2.75) is 26.3 Å². The molecule has 0 aliphatic carbocycles. The fraction of sp³-hybridized carbons (Fsp3) is 0.286. The average molecular weight is 245 g/mol. The van der Waals surface area contributed by atoms with E-state index < -0.39 is 0 Å². The van der Waals surface area contributed by atoms with E-state index in [-0.39, 0.29) is 17.5 Å². The van der Waals surface area contributed by atoms with Crippen molar-refractivity contribution in [3.8, 4) is 0 Å². The van der Waals surface area contributed by atoms with Crippen LogP contribution in [-0.2, 0) is 0 Å². The summed E-state index contributed by atoms with van der Waals surface area (Å²) in [6, 6.07) is 1.49. The fourth-order valence-corrected chi connectivity index (χ4v) is 2.05. The highest BCUT2D eigenvalue weighted by Crippen LogP contribution is 2.25. The average Bonchev–Trinajstić information content (AvgIpc) is 2.31. The van der Waals surface area contributed by atoms with E-state index >= 15 is 0 Å². The first-order chi connectivity index (χ1) is 8.54. The topological polar surface area (TPSA) is 60.9 Å². The molecule has 1 atom stereocenters. The van der Waals surface area contributed by atoms with E-state index in [1.165, 1.54) is 6.07 Å². The zero-order valence-corrected chi connectivity index (χ0v) is 10.9. The number of aromatic nitrogens is 2. The van der Waals surface area contributed by atoms with E-state index in [1.54, 1.807) is 12.2 Å². The van der Waals surface area contributed by atoms with Crippen molar-refractivity contribution in [2.24, 2.45) is 0 Å². The van der Waals surface area contributed by atoms with Crippen LogP contribution in [0.15, 0.2) is 47.8 Å². The molecule has 2 N–H and O–H groups in total. The molecule has 1 unspecified atom stereocenters. The second-order valence-corrected chi connectivity index (χ2v) is 3.99. The second-order valence-electron chi connectivity index (χ2n) is 3.99. The number of anilines is 1.